The van der Waals surface area contributed by atoms with Gasteiger partial charge in [0, 0.05) is 19.2 Å². The van der Waals surface area contributed by atoms with E-state index in [2.05, 4.69) is 15.6 Å². The van der Waals surface area contributed by atoms with E-state index < -0.39 is 10.0 Å². The molecule has 0 aliphatic rings. The Labute approximate surface area is 178 Å². The van der Waals surface area contributed by atoms with Gasteiger partial charge in [0.15, 0.2) is 5.96 Å². The number of aliphatic imine (C=N–C) groups is 1. The van der Waals surface area contributed by atoms with Crippen molar-refractivity contribution in [1.82, 2.24) is 10.6 Å². The van der Waals surface area contributed by atoms with Crippen molar-refractivity contribution in [2.24, 2.45) is 10.1 Å². The molecular weight excluding hydrogens is 404 g/mol. The molecule has 2 aromatic rings. The van der Waals surface area contributed by atoms with Crippen LogP contribution in [0.4, 0.5) is 0 Å². The largest absolute Gasteiger partial charge is 0.497 e. The fraction of sp³-hybridized carbons (Fsp3) is 0.381. The van der Waals surface area contributed by atoms with Crippen molar-refractivity contribution in [1.29, 1.82) is 0 Å². The first-order valence-corrected chi connectivity index (χ1v) is 11.3. The van der Waals surface area contributed by atoms with E-state index in [9.17, 15) is 8.42 Å². The highest BCUT2D eigenvalue weighted by Crippen LogP contribution is 2.19. The molecule has 30 heavy (non-hydrogen) atoms. The number of methoxy groups -OCH3 is 1. The van der Waals surface area contributed by atoms with Crippen LogP contribution in [0.15, 0.2) is 58.4 Å². The van der Waals surface area contributed by atoms with E-state index in [-0.39, 0.29) is 11.0 Å². The van der Waals surface area contributed by atoms with E-state index in [1.54, 1.807) is 19.2 Å². The van der Waals surface area contributed by atoms with E-state index in [1.807, 2.05) is 38.1 Å². The normalized spacial score (nSPS) is 12.9. The summed E-state index contributed by atoms with van der Waals surface area (Å²) in [6.45, 7) is 5.82. The summed E-state index contributed by atoms with van der Waals surface area (Å²) in [7, 11) is -2.05. The van der Waals surface area contributed by atoms with Gasteiger partial charge in [-0.3, -0.25) is 0 Å². The predicted molar refractivity (Wildman–Crippen MR) is 119 cm³/mol. The quantitative estimate of drug-likeness (QED) is 0.389. The Morgan fingerprint density at radius 1 is 1.13 bits per heavy atom. The second kappa shape index (κ2) is 11.4. The molecule has 0 spiro atoms. The van der Waals surface area contributed by atoms with Crippen LogP contribution < -0.4 is 25.2 Å². The summed E-state index contributed by atoms with van der Waals surface area (Å²) in [5.41, 5.74) is 1.00. The number of hydrogen-bond acceptors (Lipinski definition) is 5. The predicted octanol–water partition coefficient (Wildman–Crippen LogP) is 1.91. The topological polar surface area (TPSA) is 115 Å². The van der Waals surface area contributed by atoms with Crippen LogP contribution >= 0.6 is 0 Å². The Kier molecular flexibility index (Phi) is 8.94. The number of nitrogens with two attached hydrogens (primary N) is 1. The number of rotatable bonds is 10. The summed E-state index contributed by atoms with van der Waals surface area (Å²) in [5.74, 6) is 2.17. The number of sulfonamides is 1. The molecule has 9 heteroatoms. The molecule has 164 valence electrons. The van der Waals surface area contributed by atoms with Crippen molar-refractivity contribution in [3.8, 4) is 11.5 Å². The minimum atomic E-state index is -3.67. The molecule has 0 radical (unpaired) electrons. The van der Waals surface area contributed by atoms with Crippen LogP contribution in [0.2, 0.25) is 0 Å². The monoisotopic (exact) mass is 434 g/mol. The van der Waals surface area contributed by atoms with Crippen molar-refractivity contribution in [2.45, 2.75) is 31.3 Å². The van der Waals surface area contributed by atoms with Crippen LogP contribution in [-0.2, 0) is 16.4 Å². The Hall–Kier alpha value is -2.78. The molecule has 4 N–H and O–H groups in total. The number of nitrogens with zero attached hydrogens (tertiary/aromatic N) is 1. The molecule has 1 unspecified atom stereocenters. The number of nitrogens with one attached hydrogen (secondary N) is 2. The number of ether oxygens (including phenoxy) is 2. The molecule has 0 heterocycles. The molecule has 0 fully saturated rings. The minimum absolute atomic E-state index is 0.110. The van der Waals surface area contributed by atoms with Gasteiger partial charge in [-0.1, -0.05) is 18.2 Å². The summed E-state index contributed by atoms with van der Waals surface area (Å²) in [6.07, 6.45) is 0.601. The third kappa shape index (κ3) is 7.92. The number of hydrogen-bond donors (Lipinski definition) is 3. The van der Waals surface area contributed by atoms with Gasteiger partial charge in [-0.15, -0.1) is 0 Å². The second-order valence-electron chi connectivity index (χ2n) is 6.69. The molecule has 2 rings (SSSR count). The van der Waals surface area contributed by atoms with E-state index in [1.165, 1.54) is 12.1 Å². The second-order valence-corrected chi connectivity index (χ2v) is 8.25. The lowest BCUT2D eigenvalue weighted by Crippen LogP contribution is -2.39. The van der Waals surface area contributed by atoms with E-state index in [0.29, 0.717) is 25.5 Å². The zero-order valence-electron chi connectivity index (χ0n) is 17.6. The smallest absolute Gasteiger partial charge is 0.238 e. The third-order valence-corrected chi connectivity index (χ3v) is 5.12. The Bertz CT molecular complexity index is 930. The van der Waals surface area contributed by atoms with Crippen molar-refractivity contribution in [2.75, 3.05) is 26.7 Å². The molecule has 0 aliphatic heterocycles. The van der Waals surface area contributed by atoms with Gasteiger partial charge >= 0.3 is 0 Å². The molecule has 0 saturated carbocycles. The van der Waals surface area contributed by atoms with Gasteiger partial charge in [0.2, 0.25) is 10.0 Å². The van der Waals surface area contributed by atoms with Gasteiger partial charge in [-0.2, -0.15) is 0 Å². The minimum Gasteiger partial charge on any atom is -0.497 e. The maximum Gasteiger partial charge on any atom is 0.238 e. The zero-order chi connectivity index (χ0) is 22.0. The summed E-state index contributed by atoms with van der Waals surface area (Å²) >= 11 is 0. The molecule has 0 bridgehead atoms. The standard InChI is InChI=1S/C21H30N4O4S/c1-4-23-21(24-13-12-17-8-10-20(11-9-17)30(22,26)27)25-15-16(2)29-19-7-5-6-18(14-19)28-3/h5-11,14,16H,4,12-13,15H2,1-3H3,(H2,22,26,27)(H2,23,24,25). The van der Waals surface area contributed by atoms with Crippen LogP contribution in [0.5, 0.6) is 11.5 Å². The van der Waals surface area contributed by atoms with E-state index in [0.717, 1.165) is 23.6 Å². The van der Waals surface area contributed by atoms with Crippen LogP contribution in [0.1, 0.15) is 19.4 Å². The van der Waals surface area contributed by atoms with Crippen molar-refractivity contribution in [3.63, 3.8) is 0 Å². The molecule has 8 nitrogen and oxygen atoms in total. The van der Waals surface area contributed by atoms with E-state index in [4.69, 9.17) is 14.6 Å². The fourth-order valence-corrected chi connectivity index (χ4v) is 3.19. The molecule has 0 saturated heterocycles. The molecular formula is C21H30N4O4S. The van der Waals surface area contributed by atoms with Crippen LogP contribution in [0.25, 0.3) is 0 Å². The summed E-state index contributed by atoms with van der Waals surface area (Å²) < 4.78 is 33.7. The highest BCUT2D eigenvalue weighted by atomic mass is 32.2. The summed E-state index contributed by atoms with van der Waals surface area (Å²) in [4.78, 5) is 4.68. The molecule has 0 aromatic heterocycles. The van der Waals surface area contributed by atoms with Gasteiger partial charge in [0.1, 0.15) is 17.6 Å². The van der Waals surface area contributed by atoms with Gasteiger partial charge in [-0.25, -0.2) is 18.5 Å². The maximum absolute atomic E-state index is 11.3. The summed E-state index contributed by atoms with van der Waals surface area (Å²) in [6, 6.07) is 14.0. The first-order chi connectivity index (χ1) is 14.3. The van der Waals surface area contributed by atoms with Gasteiger partial charge in [0.05, 0.1) is 18.6 Å². The highest BCUT2D eigenvalue weighted by molar-refractivity contribution is 7.89. The lowest BCUT2D eigenvalue weighted by molar-refractivity contribution is 0.229. The number of primary sulfonamides is 1. The molecule has 1 atom stereocenters. The lowest BCUT2D eigenvalue weighted by atomic mass is 10.1. The SMILES string of the molecule is CCNC(=NCC(C)Oc1cccc(OC)c1)NCCc1ccc(S(N)(=O)=O)cc1. The number of benzene rings is 2. The molecule has 0 amide bonds. The average Bonchev–Trinajstić information content (AvgIpc) is 2.72. The Morgan fingerprint density at radius 2 is 1.83 bits per heavy atom. The van der Waals surface area contributed by atoms with Gasteiger partial charge in [0.25, 0.3) is 0 Å². The molecule has 0 aliphatic carbocycles. The van der Waals surface area contributed by atoms with Crippen molar-refractivity contribution < 1.29 is 17.9 Å². The van der Waals surface area contributed by atoms with Crippen LogP contribution in [0, 0.1) is 0 Å². The first-order valence-electron chi connectivity index (χ1n) is 9.76. The number of guanidine groups is 1. The van der Waals surface area contributed by atoms with Gasteiger partial charge in [-0.05, 0) is 50.1 Å². The van der Waals surface area contributed by atoms with Crippen LogP contribution in [0.3, 0.4) is 0 Å². The molecule has 2 aromatic carbocycles. The van der Waals surface area contributed by atoms with Crippen molar-refractivity contribution >= 4 is 16.0 Å². The lowest BCUT2D eigenvalue weighted by Gasteiger charge is -2.15. The maximum atomic E-state index is 11.3. The summed E-state index contributed by atoms with van der Waals surface area (Å²) in [5, 5.41) is 11.6. The van der Waals surface area contributed by atoms with Crippen LogP contribution in [-0.4, -0.2) is 47.2 Å². The van der Waals surface area contributed by atoms with Crippen molar-refractivity contribution in [3.05, 3.63) is 54.1 Å². The zero-order valence-corrected chi connectivity index (χ0v) is 18.4. The fourth-order valence-electron chi connectivity index (χ4n) is 2.68. The van der Waals surface area contributed by atoms with E-state index >= 15 is 0 Å². The average molecular weight is 435 g/mol. The van der Waals surface area contributed by atoms with Gasteiger partial charge < -0.3 is 20.1 Å². The first kappa shape index (κ1) is 23.5. The Balaban J connectivity index is 1.86. The third-order valence-electron chi connectivity index (χ3n) is 4.19. The highest BCUT2D eigenvalue weighted by Gasteiger charge is 2.08. The Morgan fingerprint density at radius 3 is 2.47 bits per heavy atom.